The van der Waals surface area contributed by atoms with Crippen LogP contribution in [-0.4, -0.2) is 50.2 Å². The highest BCUT2D eigenvalue weighted by atomic mass is 32.2. The van der Waals surface area contributed by atoms with Gasteiger partial charge in [-0.05, 0) is 31.0 Å². The van der Waals surface area contributed by atoms with Crippen molar-refractivity contribution >= 4 is 15.9 Å². The molecule has 1 aliphatic rings. The quantitative estimate of drug-likeness (QED) is 0.789. The van der Waals surface area contributed by atoms with Crippen LogP contribution in [-0.2, 0) is 14.8 Å². The molecule has 0 N–H and O–H groups in total. The molecule has 0 atom stereocenters. The van der Waals surface area contributed by atoms with Crippen molar-refractivity contribution in [1.29, 1.82) is 5.26 Å². The zero-order valence-corrected chi connectivity index (χ0v) is 14.6. The molecule has 0 radical (unpaired) electrons. The van der Waals surface area contributed by atoms with Gasteiger partial charge in [-0.3, -0.25) is 4.79 Å². The molecular formula is C16H19F2N3O3S. The second-order valence-electron chi connectivity index (χ2n) is 5.92. The monoisotopic (exact) mass is 371 g/mol. The first-order valence-corrected chi connectivity index (χ1v) is 9.28. The van der Waals surface area contributed by atoms with Gasteiger partial charge in [0.1, 0.15) is 16.5 Å². The van der Waals surface area contributed by atoms with Crippen molar-refractivity contribution in [3.8, 4) is 6.07 Å². The predicted octanol–water partition coefficient (Wildman–Crippen LogP) is 1.74. The normalized spacial score (nSPS) is 16.4. The first-order chi connectivity index (χ1) is 11.8. The van der Waals surface area contributed by atoms with Gasteiger partial charge in [0.15, 0.2) is 0 Å². The lowest BCUT2D eigenvalue weighted by Gasteiger charge is -2.32. The number of piperidine rings is 1. The van der Waals surface area contributed by atoms with Gasteiger partial charge in [-0.1, -0.05) is 0 Å². The van der Waals surface area contributed by atoms with E-state index in [4.69, 9.17) is 5.26 Å². The van der Waals surface area contributed by atoms with E-state index in [1.807, 2.05) is 6.07 Å². The van der Waals surface area contributed by atoms with Crippen LogP contribution in [0.2, 0.25) is 0 Å². The summed E-state index contributed by atoms with van der Waals surface area (Å²) >= 11 is 0. The lowest BCUT2D eigenvalue weighted by Crippen LogP contribution is -2.43. The van der Waals surface area contributed by atoms with Gasteiger partial charge in [0.25, 0.3) is 0 Å². The van der Waals surface area contributed by atoms with E-state index in [0.717, 1.165) is 16.4 Å². The van der Waals surface area contributed by atoms with Gasteiger partial charge in [-0.2, -0.15) is 9.57 Å². The number of carbonyl (C=O) groups excluding carboxylic acids is 1. The highest BCUT2D eigenvalue weighted by Crippen LogP contribution is 2.26. The average Bonchev–Trinajstić information content (AvgIpc) is 2.61. The van der Waals surface area contributed by atoms with Crippen LogP contribution in [0.5, 0.6) is 0 Å². The number of benzene rings is 1. The minimum atomic E-state index is -4.15. The Bertz CT molecular complexity index is 784. The van der Waals surface area contributed by atoms with Crippen molar-refractivity contribution in [3.05, 3.63) is 29.8 Å². The fourth-order valence-electron chi connectivity index (χ4n) is 2.80. The van der Waals surface area contributed by atoms with E-state index in [9.17, 15) is 22.0 Å². The number of hydrogen-bond acceptors (Lipinski definition) is 4. The summed E-state index contributed by atoms with van der Waals surface area (Å²) in [6.07, 6.45) is 0.825. The Morgan fingerprint density at radius 2 is 2.00 bits per heavy atom. The van der Waals surface area contributed by atoms with Gasteiger partial charge in [-0.15, -0.1) is 0 Å². The lowest BCUT2D eigenvalue weighted by atomic mass is 9.96. The molecule has 0 spiro atoms. The molecular weight excluding hydrogens is 352 g/mol. The fraction of sp³-hybridized carbons (Fsp3) is 0.500. The van der Waals surface area contributed by atoms with Crippen molar-refractivity contribution in [1.82, 2.24) is 9.21 Å². The summed E-state index contributed by atoms with van der Waals surface area (Å²) in [6, 6.07) is 4.27. The third kappa shape index (κ3) is 4.32. The van der Waals surface area contributed by atoms with Gasteiger partial charge in [0.2, 0.25) is 15.9 Å². The largest absolute Gasteiger partial charge is 0.344 e. The summed E-state index contributed by atoms with van der Waals surface area (Å²) < 4.78 is 53.1. The summed E-state index contributed by atoms with van der Waals surface area (Å²) in [5.74, 6) is -2.31. The molecule has 25 heavy (non-hydrogen) atoms. The van der Waals surface area contributed by atoms with Gasteiger partial charge >= 0.3 is 0 Å². The Morgan fingerprint density at radius 1 is 1.36 bits per heavy atom. The molecule has 0 saturated carbocycles. The number of rotatable bonds is 5. The Hall–Kier alpha value is -2.05. The SMILES string of the molecule is CN(CCC#N)C(=O)C1CCN(S(=O)(=O)c2cc(F)ccc2F)CC1. The maximum Gasteiger partial charge on any atom is 0.246 e. The second-order valence-corrected chi connectivity index (χ2v) is 7.83. The van der Waals surface area contributed by atoms with Crippen LogP contribution in [0, 0.1) is 28.9 Å². The summed E-state index contributed by atoms with van der Waals surface area (Å²) in [4.78, 5) is 13.0. The minimum absolute atomic E-state index is 0.0563. The van der Waals surface area contributed by atoms with Crippen molar-refractivity contribution in [2.45, 2.75) is 24.2 Å². The average molecular weight is 371 g/mol. The molecule has 1 aromatic rings. The van der Waals surface area contributed by atoms with E-state index in [1.165, 1.54) is 4.90 Å². The molecule has 1 saturated heterocycles. The van der Waals surface area contributed by atoms with Crippen molar-refractivity contribution in [2.75, 3.05) is 26.7 Å². The first kappa shape index (κ1) is 19.3. The zero-order valence-electron chi connectivity index (χ0n) is 13.8. The van der Waals surface area contributed by atoms with Gasteiger partial charge in [0, 0.05) is 32.6 Å². The smallest absolute Gasteiger partial charge is 0.246 e. The summed E-state index contributed by atoms with van der Waals surface area (Å²) in [6.45, 7) is 0.434. The number of sulfonamides is 1. The van der Waals surface area contributed by atoms with E-state index in [0.29, 0.717) is 25.5 Å². The topological polar surface area (TPSA) is 81.5 Å². The number of amides is 1. The highest BCUT2D eigenvalue weighted by molar-refractivity contribution is 7.89. The number of hydrogen-bond donors (Lipinski definition) is 0. The summed E-state index contributed by atoms with van der Waals surface area (Å²) in [5, 5.41) is 8.56. The van der Waals surface area contributed by atoms with Crippen LogP contribution < -0.4 is 0 Å². The van der Waals surface area contributed by atoms with Crippen LogP contribution >= 0.6 is 0 Å². The third-order valence-electron chi connectivity index (χ3n) is 4.25. The molecule has 1 aliphatic heterocycles. The molecule has 1 aromatic carbocycles. The lowest BCUT2D eigenvalue weighted by molar-refractivity contribution is -0.135. The maximum absolute atomic E-state index is 13.8. The van der Waals surface area contributed by atoms with Crippen LogP contribution in [0.15, 0.2) is 23.1 Å². The Labute approximate surface area is 145 Å². The molecule has 9 heteroatoms. The van der Waals surface area contributed by atoms with Crippen LogP contribution in [0.4, 0.5) is 8.78 Å². The molecule has 1 amide bonds. The van der Waals surface area contributed by atoms with Crippen molar-refractivity contribution < 1.29 is 22.0 Å². The van der Waals surface area contributed by atoms with E-state index >= 15 is 0 Å². The zero-order chi connectivity index (χ0) is 18.6. The van der Waals surface area contributed by atoms with Crippen LogP contribution in [0.25, 0.3) is 0 Å². The molecule has 6 nitrogen and oxygen atoms in total. The van der Waals surface area contributed by atoms with E-state index in [-0.39, 0.29) is 31.3 Å². The Morgan fingerprint density at radius 3 is 2.60 bits per heavy atom. The number of nitriles is 1. The first-order valence-electron chi connectivity index (χ1n) is 7.84. The van der Waals surface area contributed by atoms with Crippen molar-refractivity contribution in [2.24, 2.45) is 5.92 Å². The third-order valence-corrected chi connectivity index (χ3v) is 6.16. The predicted molar refractivity (Wildman–Crippen MR) is 85.7 cm³/mol. The molecule has 2 rings (SSSR count). The van der Waals surface area contributed by atoms with Crippen LogP contribution in [0.1, 0.15) is 19.3 Å². The maximum atomic E-state index is 13.8. The fourth-order valence-corrected chi connectivity index (χ4v) is 4.34. The Balaban J connectivity index is 2.05. The summed E-state index contributed by atoms with van der Waals surface area (Å²) in [5.41, 5.74) is 0. The van der Waals surface area contributed by atoms with Crippen molar-refractivity contribution in [3.63, 3.8) is 0 Å². The van der Waals surface area contributed by atoms with E-state index in [2.05, 4.69) is 0 Å². The summed E-state index contributed by atoms with van der Waals surface area (Å²) in [7, 11) is -2.55. The van der Waals surface area contributed by atoms with Crippen LogP contribution in [0.3, 0.4) is 0 Å². The van der Waals surface area contributed by atoms with Gasteiger partial charge in [-0.25, -0.2) is 17.2 Å². The number of nitrogens with zero attached hydrogens (tertiary/aromatic N) is 3. The second kappa shape index (κ2) is 7.89. The van der Waals surface area contributed by atoms with E-state index in [1.54, 1.807) is 7.05 Å². The molecule has 136 valence electrons. The molecule has 0 unspecified atom stereocenters. The standard InChI is InChI=1S/C16H19F2N3O3S/c1-20(8-2-7-19)16(22)12-5-9-21(10-6-12)25(23,24)15-11-13(17)3-4-14(15)18/h3-4,11-12H,2,5-6,8-10H2,1H3. The highest BCUT2D eigenvalue weighted by Gasteiger charge is 2.34. The van der Waals surface area contributed by atoms with Gasteiger partial charge < -0.3 is 4.90 Å². The Kier molecular flexibility index (Phi) is 6.08. The minimum Gasteiger partial charge on any atom is -0.344 e. The molecule has 0 aromatic heterocycles. The molecule has 0 bridgehead atoms. The molecule has 1 fully saturated rings. The number of halogens is 2. The molecule has 0 aliphatic carbocycles. The molecule has 1 heterocycles. The number of carbonyl (C=O) groups is 1. The van der Waals surface area contributed by atoms with E-state index < -0.39 is 26.6 Å². The van der Waals surface area contributed by atoms with Gasteiger partial charge in [0.05, 0.1) is 12.5 Å².